The van der Waals surface area contributed by atoms with Crippen LogP contribution in [0.2, 0.25) is 0 Å². The first kappa shape index (κ1) is 15.0. The fraction of sp³-hybridized carbons (Fsp3) is 0.529. The molecule has 2 aromatic rings. The van der Waals surface area contributed by atoms with Crippen molar-refractivity contribution in [2.75, 3.05) is 19.8 Å². The van der Waals surface area contributed by atoms with Gasteiger partial charge in [0.2, 0.25) is 0 Å². The zero-order valence-corrected chi connectivity index (χ0v) is 13.4. The fourth-order valence-electron chi connectivity index (χ4n) is 2.76. The average Bonchev–Trinajstić information content (AvgIpc) is 3.13. The zero-order chi connectivity index (χ0) is 14.5. The lowest BCUT2D eigenvalue weighted by Crippen LogP contribution is -2.15. The number of hydrogen-bond donors (Lipinski definition) is 1. The van der Waals surface area contributed by atoms with E-state index in [0.717, 1.165) is 26.1 Å². The first-order valence-electron chi connectivity index (χ1n) is 7.78. The summed E-state index contributed by atoms with van der Waals surface area (Å²) in [4.78, 5) is 1.39. The van der Waals surface area contributed by atoms with Crippen molar-refractivity contribution in [2.24, 2.45) is 0 Å². The van der Waals surface area contributed by atoms with Gasteiger partial charge >= 0.3 is 0 Å². The largest absolute Gasteiger partial charge is 0.376 e. The Morgan fingerprint density at radius 1 is 1.38 bits per heavy atom. The molecule has 1 N–H and O–H groups in total. The van der Waals surface area contributed by atoms with Gasteiger partial charge in [-0.2, -0.15) is 0 Å². The number of thiophene rings is 1. The summed E-state index contributed by atoms with van der Waals surface area (Å²) in [6, 6.07) is 8.60. The SMILES string of the molecule is CCNCc1sc2ccccc2c1COCC1CCCO1. The van der Waals surface area contributed by atoms with Gasteiger partial charge in [0, 0.05) is 28.3 Å². The molecule has 21 heavy (non-hydrogen) atoms. The van der Waals surface area contributed by atoms with Crippen LogP contribution >= 0.6 is 11.3 Å². The Labute approximate surface area is 130 Å². The molecule has 1 unspecified atom stereocenters. The minimum absolute atomic E-state index is 0.298. The van der Waals surface area contributed by atoms with Crippen LogP contribution in [0.4, 0.5) is 0 Å². The predicted octanol–water partition coefficient (Wildman–Crippen LogP) is 3.71. The molecule has 1 aliphatic heterocycles. The summed E-state index contributed by atoms with van der Waals surface area (Å²) in [5.41, 5.74) is 1.34. The third kappa shape index (κ3) is 3.64. The number of benzene rings is 1. The van der Waals surface area contributed by atoms with E-state index in [-0.39, 0.29) is 0 Å². The van der Waals surface area contributed by atoms with Gasteiger partial charge in [0.25, 0.3) is 0 Å². The van der Waals surface area contributed by atoms with Crippen molar-refractivity contribution < 1.29 is 9.47 Å². The third-order valence-electron chi connectivity index (χ3n) is 3.89. The molecule has 4 heteroatoms. The normalized spacial score (nSPS) is 18.6. The Balaban J connectivity index is 1.71. The van der Waals surface area contributed by atoms with Crippen molar-refractivity contribution in [3.05, 3.63) is 34.7 Å². The van der Waals surface area contributed by atoms with Gasteiger partial charge in [0.1, 0.15) is 0 Å². The average molecular weight is 305 g/mol. The summed E-state index contributed by atoms with van der Waals surface area (Å²) in [6.45, 7) is 6.34. The van der Waals surface area contributed by atoms with Gasteiger partial charge in [-0.05, 0) is 30.8 Å². The van der Waals surface area contributed by atoms with Crippen LogP contribution in [0.15, 0.2) is 24.3 Å². The number of rotatable bonds is 7. The van der Waals surface area contributed by atoms with E-state index in [1.54, 1.807) is 0 Å². The van der Waals surface area contributed by atoms with Crippen molar-refractivity contribution in [1.29, 1.82) is 0 Å². The second-order valence-corrected chi connectivity index (χ2v) is 6.57. The lowest BCUT2D eigenvalue weighted by molar-refractivity contribution is 0.0108. The van der Waals surface area contributed by atoms with Gasteiger partial charge in [-0.25, -0.2) is 0 Å². The number of ether oxygens (including phenoxy) is 2. The maximum Gasteiger partial charge on any atom is 0.0809 e. The third-order valence-corrected chi connectivity index (χ3v) is 5.10. The van der Waals surface area contributed by atoms with Gasteiger partial charge in [-0.3, -0.25) is 0 Å². The summed E-state index contributed by atoms with van der Waals surface area (Å²) < 4.78 is 12.9. The van der Waals surface area contributed by atoms with E-state index in [2.05, 4.69) is 36.5 Å². The minimum atomic E-state index is 0.298. The van der Waals surface area contributed by atoms with E-state index in [0.29, 0.717) is 19.3 Å². The molecule has 2 heterocycles. The second kappa shape index (κ2) is 7.36. The van der Waals surface area contributed by atoms with E-state index in [4.69, 9.17) is 9.47 Å². The molecule has 3 rings (SSSR count). The first-order valence-corrected chi connectivity index (χ1v) is 8.59. The van der Waals surface area contributed by atoms with Gasteiger partial charge in [0.15, 0.2) is 0 Å². The molecular formula is C17H23NO2S. The Kier molecular flexibility index (Phi) is 5.25. The van der Waals surface area contributed by atoms with Gasteiger partial charge < -0.3 is 14.8 Å². The molecule has 1 aliphatic rings. The fourth-order valence-corrected chi connectivity index (χ4v) is 3.94. The molecule has 0 bridgehead atoms. The minimum Gasteiger partial charge on any atom is -0.376 e. The molecule has 3 nitrogen and oxygen atoms in total. The monoisotopic (exact) mass is 305 g/mol. The highest BCUT2D eigenvalue weighted by molar-refractivity contribution is 7.19. The van der Waals surface area contributed by atoms with Gasteiger partial charge in [-0.15, -0.1) is 11.3 Å². The molecule has 1 saturated heterocycles. The van der Waals surface area contributed by atoms with Crippen LogP contribution in [0.3, 0.4) is 0 Å². The standard InChI is InChI=1S/C17H23NO2S/c1-2-18-10-17-15(12-19-11-13-6-5-9-20-13)14-7-3-4-8-16(14)21-17/h3-4,7-8,13,18H,2,5-6,9-12H2,1H3. The van der Waals surface area contributed by atoms with E-state index < -0.39 is 0 Å². The van der Waals surface area contributed by atoms with Crippen molar-refractivity contribution >= 4 is 21.4 Å². The van der Waals surface area contributed by atoms with Crippen LogP contribution < -0.4 is 5.32 Å². The highest BCUT2D eigenvalue weighted by atomic mass is 32.1. The molecule has 1 aromatic heterocycles. The molecule has 0 radical (unpaired) electrons. The van der Waals surface area contributed by atoms with Crippen LogP contribution in [0, 0.1) is 0 Å². The Hall–Kier alpha value is -0.940. The highest BCUT2D eigenvalue weighted by Crippen LogP contribution is 2.32. The van der Waals surface area contributed by atoms with Crippen LogP contribution in [0.1, 0.15) is 30.2 Å². The van der Waals surface area contributed by atoms with Crippen LogP contribution in [0.25, 0.3) is 10.1 Å². The second-order valence-electron chi connectivity index (χ2n) is 5.43. The zero-order valence-electron chi connectivity index (χ0n) is 12.6. The van der Waals surface area contributed by atoms with Gasteiger partial charge in [-0.1, -0.05) is 25.1 Å². The van der Waals surface area contributed by atoms with Crippen LogP contribution in [-0.4, -0.2) is 25.9 Å². The summed E-state index contributed by atoms with van der Waals surface area (Å²) in [5, 5.41) is 4.76. The van der Waals surface area contributed by atoms with E-state index in [1.165, 1.54) is 26.9 Å². The molecule has 1 fully saturated rings. The number of hydrogen-bond acceptors (Lipinski definition) is 4. The van der Waals surface area contributed by atoms with Crippen molar-refractivity contribution in [1.82, 2.24) is 5.32 Å². The van der Waals surface area contributed by atoms with Crippen LogP contribution in [-0.2, 0) is 22.6 Å². The molecule has 1 atom stereocenters. The Bertz CT molecular complexity index is 575. The molecule has 1 aromatic carbocycles. The molecule has 0 saturated carbocycles. The van der Waals surface area contributed by atoms with Crippen molar-refractivity contribution in [2.45, 2.75) is 39.0 Å². The quantitative estimate of drug-likeness (QED) is 0.846. The lowest BCUT2D eigenvalue weighted by Gasteiger charge is -2.11. The lowest BCUT2D eigenvalue weighted by atomic mass is 10.1. The molecular weight excluding hydrogens is 282 g/mol. The topological polar surface area (TPSA) is 30.5 Å². The summed E-state index contributed by atoms with van der Waals surface area (Å²) in [7, 11) is 0. The Morgan fingerprint density at radius 2 is 2.29 bits per heavy atom. The molecule has 0 amide bonds. The number of fused-ring (bicyclic) bond motifs is 1. The maximum atomic E-state index is 5.94. The smallest absolute Gasteiger partial charge is 0.0809 e. The Morgan fingerprint density at radius 3 is 3.10 bits per heavy atom. The maximum absolute atomic E-state index is 5.94. The highest BCUT2D eigenvalue weighted by Gasteiger charge is 2.17. The molecule has 0 spiro atoms. The molecule has 0 aliphatic carbocycles. The summed E-state index contributed by atoms with van der Waals surface area (Å²) in [6.07, 6.45) is 2.60. The van der Waals surface area contributed by atoms with Gasteiger partial charge in [0.05, 0.1) is 19.3 Å². The summed E-state index contributed by atoms with van der Waals surface area (Å²) >= 11 is 1.87. The van der Waals surface area contributed by atoms with Crippen molar-refractivity contribution in [3.63, 3.8) is 0 Å². The number of nitrogens with one attached hydrogen (secondary N) is 1. The van der Waals surface area contributed by atoms with E-state index >= 15 is 0 Å². The molecule has 114 valence electrons. The van der Waals surface area contributed by atoms with Crippen LogP contribution in [0.5, 0.6) is 0 Å². The summed E-state index contributed by atoms with van der Waals surface area (Å²) in [5.74, 6) is 0. The van der Waals surface area contributed by atoms with E-state index in [1.807, 2.05) is 11.3 Å². The first-order chi connectivity index (χ1) is 10.4. The van der Waals surface area contributed by atoms with Crippen molar-refractivity contribution in [3.8, 4) is 0 Å². The predicted molar refractivity (Wildman–Crippen MR) is 87.8 cm³/mol. The van der Waals surface area contributed by atoms with E-state index in [9.17, 15) is 0 Å².